The Morgan fingerprint density at radius 3 is 3.20 bits per heavy atom. The molecule has 0 aromatic rings. The van der Waals surface area contributed by atoms with E-state index in [0.29, 0.717) is 12.5 Å². The lowest BCUT2D eigenvalue weighted by Crippen LogP contribution is -2.29. The fourth-order valence-corrected chi connectivity index (χ4v) is 1.85. The van der Waals surface area contributed by atoms with Crippen LogP contribution in [-0.4, -0.2) is 37.0 Å². The molecule has 4 nitrogen and oxygen atoms in total. The minimum atomic E-state index is -0.0777. The normalized spacial score (nSPS) is 21.7. The third-order valence-corrected chi connectivity index (χ3v) is 2.68. The summed E-state index contributed by atoms with van der Waals surface area (Å²) in [5, 5.41) is 11.2. The average Bonchev–Trinajstić information content (AvgIpc) is 2.66. The molecule has 1 unspecified atom stereocenters. The number of carbonyl (C=O) groups excluding carboxylic acids is 1. The molecule has 1 atom stereocenters. The largest absolute Gasteiger partial charge is 0.356 e. The summed E-state index contributed by atoms with van der Waals surface area (Å²) >= 11 is 0. The van der Waals surface area contributed by atoms with Crippen molar-refractivity contribution in [1.29, 1.82) is 5.26 Å². The number of amides is 1. The van der Waals surface area contributed by atoms with Gasteiger partial charge in [0.05, 0.1) is 12.5 Å². The Balaban J connectivity index is 2.34. The molecule has 1 rings (SSSR count). The minimum Gasteiger partial charge on any atom is -0.356 e. The van der Waals surface area contributed by atoms with E-state index in [4.69, 9.17) is 5.26 Å². The minimum absolute atomic E-state index is 0.0777. The Hall–Kier alpha value is -1.34. The summed E-state index contributed by atoms with van der Waals surface area (Å²) in [6.07, 6.45) is 6.24. The highest BCUT2D eigenvalue weighted by Gasteiger charge is 2.22. The van der Waals surface area contributed by atoms with Crippen molar-refractivity contribution < 1.29 is 4.79 Å². The van der Waals surface area contributed by atoms with Crippen molar-refractivity contribution in [2.75, 3.05) is 20.1 Å². The molecular formula is C11H17N3O. The lowest BCUT2D eigenvalue weighted by molar-refractivity contribution is -0.116. The summed E-state index contributed by atoms with van der Waals surface area (Å²) in [5.74, 6) is -0.0777. The first-order valence-corrected chi connectivity index (χ1v) is 5.27. The van der Waals surface area contributed by atoms with Crippen LogP contribution in [0.4, 0.5) is 0 Å². The molecule has 1 N–H and O–H groups in total. The fraction of sp³-hybridized carbons (Fsp3) is 0.636. The monoisotopic (exact) mass is 207 g/mol. The van der Waals surface area contributed by atoms with Crippen LogP contribution in [0, 0.1) is 11.3 Å². The standard InChI is InChI=1S/C11H17N3O/c1-13-11(15)5-3-9-14-8-2-4-10(14)6-7-12/h3,5,10H,2,4,6,8-9H2,1H3,(H,13,15)/b5-3+. The number of hydrogen-bond acceptors (Lipinski definition) is 3. The van der Waals surface area contributed by atoms with Crippen LogP contribution in [0.1, 0.15) is 19.3 Å². The van der Waals surface area contributed by atoms with E-state index in [2.05, 4.69) is 16.3 Å². The Morgan fingerprint density at radius 1 is 1.73 bits per heavy atom. The molecule has 1 fully saturated rings. The van der Waals surface area contributed by atoms with Gasteiger partial charge in [-0.2, -0.15) is 5.26 Å². The summed E-state index contributed by atoms with van der Waals surface area (Å²) < 4.78 is 0. The third-order valence-electron chi connectivity index (χ3n) is 2.68. The van der Waals surface area contributed by atoms with Crippen molar-refractivity contribution in [2.24, 2.45) is 0 Å². The van der Waals surface area contributed by atoms with Crippen molar-refractivity contribution >= 4 is 5.91 Å². The van der Waals surface area contributed by atoms with Crippen LogP contribution in [0.15, 0.2) is 12.2 Å². The lowest BCUT2D eigenvalue weighted by atomic mass is 10.1. The van der Waals surface area contributed by atoms with E-state index in [1.165, 1.54) is 0 Å². The number of hydrogen-bond donors (Lipinski definition) is 1. The molecule has 0 aromatic heterocycles. The van der Waals surface area contributed by atoms with Crippen LogP contribution >= 0.6 is 0 Å². The highest BCUT2D eigenvalue weighted by molar-refractivity contribution is 5.87. The second-order valence-corrected chi connectivity index (χ2v) is 3.67. The van der Waals surface area contributed by atoms with Gasteiger partial charge in [-0.25, -0.2) is 0 Å². The first-order valence-electron chi connectivity index (χ1n) is 5.27. The van der Waals surface area contributed by atoms with E-state index in [-0.39, 0.29) is 5.91 Å². The molecule has 1 amide bonds. The van der Waals surface area contributed by atoms with E-state index >= 15 is 0 Å². The molecule has 1 heterocycles. The lowest BCUT2D eigenvalue weighted by Gasteiger charge is -2.20. The maximum Gasteiger partial charge on any atom is 0.243 e. The fourth-order valence-electron chi connectivity index (χ4n) is 1.85. The van der Waals surface area contributed by atoms with Crippen molar-refractivity contribution in [2.45, 2.75) is 25.3 Å². The van der Waals surface area contributed by atoms with Crippen LogP contribution in [0.2, 0.25) is 0 Å². The second-order valence-electron chi connectivity index (χ2n) is 3.67. The van der Waals surface area contributed by atoms with Gasteiger partial charge in [0, 0.05) is 25.7 Å². The molecule has 1 aliphatic heterocycles. The van der Waals surface area contributed by atoms with Gasteiger partial charge in [0.25, 0.3) is 0 Å². The Kier molecular flexibility index (Phi) is 4.85. The van der Waals surface area contributed by atoms with E-state index < -0.39 is 0 Å². The average molecular weight is 207 g/mol. The van der Waals surface area contributed by atoms with Gasteiger partial charge < -0.3 is 5.32 Å². The smallest absolute Gasteiger partial charge is 0.243 e. The Bertz CT molecular complexity index is 280. The third kappa shape index (κ3) is 3.72. The summed E-state index contributed by atoms with van der Waals surface area (Å²) in [6, 6.07) is 2.58. The molecule has 0 aliphatic carbocycles. The van der Waals surface area contributed by atoms with Gasteiger partial charge in [-0.3, -0.25) is 9.69 Å². The molecule has 82 valence electrons. The number of nitriles is 1. The highest BCUT2D eigenvalue weighted by Crippen LogP contribution is 2.18. The molecule has 0 radical (unpaired) electrons. The zero-order chi connectivity index (χ0) is 11.1. The number of rotatable bonds is 4. The summed E-state index contributed by atoms with van der Waals surface area (Å²) in [5.41, 5.74) is 0. The van der Waals surface area contributed by atoms with Crippen molar-refractivity contribution in [3.05, 3.63) is 12.2 Å². The SMILES string of the molecule is CNC(=O)/C=C/CN1CCCC1CC#N. The van der Waals surface area contributed by atoms with Crippen molar-refractivity contribution in [1.82, 2.24) is 10.2 Å². The number of likely N-dealkylation sites (tertiary alicyclic amines) is 1. The predicted molar refractivity (Wildman–Crippen MR) is 58.0 cm³/mol. The van der Waals surface area contributed by atoms with Gasteiger partial charge in [0.1, 0.15) is 0 Å². The van der Waals surface area contributed by atoms with Crippen molar-refractivity contribution in [3.63, 3.8) is 0 Å². The first-order chi connectivity index (χ1) is 7.27. The van der Waals surface area contributed by atoms with Crippen LogP contribution in [0.25, 0.3) is 0 Å². The van der Waals surface area contributed by atoms with E-state index in [1.807, 2.05) is 6.08 Å². The molecule has 1 aliphatic rings. The molecule has 15 heavy (non-hydrogen) atoms. The summed E-state index contributed by atoms with van der Waals surface area (Å²) in [6.45, 7) is 1.80. The number of nitrogens with zero attached hydrogens (tertiary/aromatic N) is 2. The van der Waals surface area contributed by atoms with Gasteiger partial charge in [-0.05, 0) is 19.4 Å². The molecule has 0 bridgehead atoms. The Labute approximate surface area is 90.6 Å². The zero-order valence-electron chi connectivity index (χ0n) is 9.07. The Morgan fingerprint density at radius 2 is 2.53 bits per heavy atom. The van der Waals surface area contributed by atoms with E-state index in [9.17, 15) is 4.79 Å². The summed E-state index contributed by atoms with van der Waals surface area (Å²) in [7, 11) is 1.61. The number of nitrogens with one attached hydrogen (secondary N) is 1. The molecule has 1 saturated heterocycles. The highest BCUT2D eigenvalue weighted by atomic mass is 16.1. The van der Waals surface area contributed by atoms with Gasteiger partial charge in [-0.15, -0.1) is 0 Å². The van der Waals surface area contributed by atoms with Crippen LogP contribution < -0.4 is 5.32 Å². The van der Waals surface area contributed by atoms with Crippen LogP contribution in [0.3, 0.4) is 0 Å². The maximum absolute atomic E-state index is 10.9. The molecule has 0 saturated carbocycles. The molecule has 0 aromatic carbocycles. The van der Waals surface area contributed by atoms with Gasteiger partial charge in [-0.1, -0.05) is 6.08 Å². The van der Waals surface area contributed by atoms with E-state index in [1.54, 1.807) is 13.1 Å². The summed E-state index contributed by atoms with van der Waals surface area (Å²) in [4.78, 5) is 13.2. The molecule has 4 heteroatoms. The molecule has 0 spiro atoms. The van der Waals surface area contributed by atoms with Crippen LogP contribution in [-0.2, 0) is 4.79 Å². The number of carbonyl (C=O) groups is 1. The topological polar surface area (TPSA) is 56.1 Å². The quantitative estimate of drug-likeness (QED) is 0.689. The zero-order valence-corrected chi connectivity index (χ0v) is 9.07. The van der Waals surface area contributed by atoms with Gasteiger partial charge in [0.15, 0.2) is 0 Å². The number of likely N-dealkylation sites (N-methyl/N-ethyl adjacent to an activating group) is 1. The van der Waals surface area contributed by atoms with Gasteiger partial charge in [0.2, 0.25) is 5.91 Å². The van der Waals surface area contributed by atoms with Crippen molar-refractivity contribution in [3.8, 4) is 6.07 Å². The maximum atomic E-state index is 10.9. The predicted octanol–water partition coefficient (Wildman–Crippen LogP) is 0.667. The molecular weight excluding hydrogens is 190 g/mol. The van der Waals surface area contributed by atoms with Crippen LogP contribution in [0.5, 0.6) is 0 Å². The van der Waals surface area contributed by atoms with Gasteiger partial charge >= 0.3 is 0 Å². The second kappa shape index (κ2) is 6.20. The van der Waals surface area contributed by atoms with E-state index in [0.717, 1.165) is 25.9 Å². The first kappa shape index (κ1) is 11.7.